The molecule has 0 amide bonds. The second-order valence-electron chi connectivity index (χ2n) is 5.30. The Hall–Kier alpha value is -1.92. The molecule has 0 aliphatic heterocycles. The summed E-state index contributed by atoms with van der Waals surface area (Å²) in [5.74, 6) is 0.700. The fourth-order valence-corrected chi connectivity index (χ4v) is 2.50. The van der Waals surface area contributed by atoms with Crippen LogP contribution in [0.4, 0.5) is 0 Å². The smallest absolute Gasteiger partial charge is 0.340 e. The Labute approximate surface area is 130 Å². The molecule has 0 spiro atoms. The number of hydrogen-bond acceptors (Lipinski definition) is 5. The van der Waals surface area contributed by atoms with Crippen LogP contribution in [-0.2, 0) is 20.8 Å². The monoisotopic (exact) mass is 306 g/mol. The number of hydrogen-bond donors (Lipinski definition) is 0. The lowest BCUT2D eigenvalue weighted by Gasteiger charge is -2.18. The summed E-state index contributed by atoms with van der Waals surface area (Å²) in [6, 6.07) is 5.43. The number of benzene rings is 1. The van der Waals surface area contributed by atoms with Crippen LogP contribution in [0.5, 0.6) is 0 Å². The molecule has 0 aliphatic carbocycles. The maximum absolute atomic E-state index is 12.1. The van der Waals surface area contributed by atoms with Gasteiger partial charge in [-0.15, -0.1) is 0 Å². The molecule has 6 heteroatoms. The van der Waals surface area contributed by atoms with Crippen LogP contribution in [-0.4, -0.2) is 43.1 Å². The Morgan fingerprint density at radius 1 is 1.23 bits per heavy atom. The van der Waals surface area contributed by atoms with Gasteiger partial charge in [-0.1, -0.05) is 19.9 Å². The third-order valence-corrected chi connectivity index (χ3v) is 3.58. The van der Waals surface area contributed by atoms with Crippen molar-refractivity contribution in [3.63, 3.8) is 0 Å². The van der Waals surface area contributed by atoms with E-state index in [9.17, 15) is 4.79 Å². The first kappa shape index (κ1) is 16.5. The van der Waals surface area contributed by atoms with E-state index in [0.29, 0.717) is 12.1 Å². The van der Waals surface area contributed by atoms with E-state index in [4.69, 9.17) is 14.2 Å². The fraction of sp³-hybridized carbons (Fsp3) is 0.500. The van der Waals surface area contributed by atoms with Crippen LogP contribution in [0.15, 0.2) is 18.2 Å². The zero-order chi connectivity index (χ0) is 16.3. The first-order valence-corrected chi connectivity index (χ1v) is 7.16. The van der Waals surface area contributed by atoms with Gasteiger partial charge in [-0.3, -0.25) is 0 Å². The van der Waals surface area contributed by atoms with Crippen LogP contribution in [0.2, 0.25) is 0 Å². The summed E-state index contributed by atoms with van der Waals surface area (Å²) in [6.07, 6.45) is -0.416. The topological polar surface area (TPSA) is 62.6 Å². The summed E-state index contributed by atoms with van der Waals surface area (Å²) >= 11 is 0. The minimum Gasteiger partial charge on any atom is -0.465 e. The molecule has 0 aliphatic rings. The van der Waals surface area contributed by atoms with Gasteiger partial charge in [0.05, 0.1) is 30.3 Å². The van der Waals surface area contributed by atoms with E-state index in [1.807, 2.05) is 10.6 Å². The maximum Gasteiger partial charge on any atom is 0.340 e. The second-order valence-corrected chi connectivity index (χ2v) is 5.30. The zero-order valence-corrected chi connectivity index (χ0v) is 13.6. The van der Waals surface area contributed by atoms with Gasteiger partial charge in [0.1, 0.15) is 5.82 Å². The van der Waals surface area contributed by atoms with Gasteiger partial charge in [0, 0.05) is 20.1 Å². The summed E-state index contributed by atoms with van der Waals surface area (Å²) in [7, 11) is 4.55. The molecule has 0 N–H and O–H groups in total. The molecule has 0 bridgehead atoms. The molecule has 2 aromatic rings. The highest BCUT2D eigenvalue weighted by atomic mass is 16.7. The van der Waals surface area contributed by atoms with E-state index in [1.54, 1.807) is 26.4 Å². The molecule has 1 aromatic heterocycles. The quantitative estimate of drug-likeness (QED) is 0.606. The van der Waals surface area contributed by atoms with Gasteiger partial charge in [-0.2, -0.15) is 0 Å². The molecular formula is C16H22N2O4. The summed E-state index contributed by atoms with van der Waals surface area (Å²) in [5.41, 5.74) is 2.00. The van der Waals surface area contributed by atoms with Gasteiger partial charge in [-0.05, 0) is 12.1 Å². The van der Waals surface area contributed by atoms with Crippen molar-refractivity contribution in [1.29, 1.82) is 0 Å². The molecular weight excluding hydrogens is 284 g/mol. The number of carbonyl (C=O) groups is 1. The minimum atomic E-state index is -0.416. The molecule has 0 unspecified atom stereocenters. The first-order valence-electron chi connectivity index (χ1n) is 7.16. The maximum atomic E-state index is 12.1. The normalized spacial score (nSPS) is 11.6. The third kappa shape index (κ3) is 2.98. The van der Waals surface area contributed by atoms with E-state index in [2.05, 4.69) is 18.8 Å². The van der Waals surface area contributed by atoms with Crippen molar-refractivity contribution < 1.29 is 19.0 Å². The van der Waals surface area contributed by atoms with Crippen molar-refractivity contribution in [2.45, 2.75) is 32.6 Å². The molecule has 0 radical (unpaired) electrons. The van der Waals surface area contributed by atoms with Gasteiger partial charge in [0.25, 0.3) is 0 Å². The summed E-state index contributed by atoms with van der Waals surface area (Å²) in [4.78, 5) is 16.7. The van der Waals surface area contributed by atoms with Crippen LogP contribution in [0.25, 0.3) is 11.0 Å². The lowest BCUT2D eigenvalue weighted by molar-refractivity contribution is -0.110. The largest absolute Gasteiger partial charge is 0.465 e. The molecule has 22 heavy (non-hydrogen) atoms. The molecule has 0 saturated heterocycles. The van der Waals surface area contributed by atoms with Gasteiger partial charge >= 0.3 is 5.97 Å². The summed E-state index contributed by atoms with van der Waals surface area (Å²) < 4.78 is 17.5. The second kappa shape index (κ2) is 6.89. The number of rotatable bonds is 6. The van der Waals surface area contributed by atoms with Gasteiger partial charge in [0.15, 0.2) is 6.29 Å². The Kier molecular flexibility index (Phi) is 5.15. The number of methoxy groups -OCH3 is 3. The van der Waals surface area contributed by atoms with Gasteiger partial charge in [0.2, 0.25) is 0 Å². The highest BCUT2D eigenvalue weighted by Crippen LogP contribution is 2.26. The van der Waals surface area contributed by atoms with Crippen LogP contribution in [0.3, 0.4) is 0 Å². The van der Waals surface area contributed by atoms with Crippen molar-refractivity contribution >= 4 is 17.0 Å². The lowest BCUT2D eigenvalue weighted by atomic mass is 10.1. The highest BCUT2D eigenvalue weighted by molar-refractivity contribution is 6.02. The van der Waals surface area contributed by atoms with Crippen molar-refractivity contribution in [2.24, 2.45) is 0 Å². The zero-order valence-electron chi connectivity index (χ0n) is 13.6. The van der Waals surface area contributed by atoms with Crippen LogP contribution < -0.4 is 0 Å². The number of ether oxygens (including phenoxy) is 3. The number of aromatic nitrogens is 2. The molecule has 6 nitrogen and oxygen atoms in total. The van der Waals surface area contributed by atoms with E-state index >= 15 is 0 Å². The fourth-order valence-electron chi connectivity index (χ4n) is 2.50. The summed E-state index contributed by atoms with van der Waals surface area (Å²) in [6.45, 7) is 4.57. The van der Waals surface area contributed by atoms with E-state index in [1.165, 1.54) is 7.11 Å². The number of carbonyl (C=O) groups excluding carboxylic acids is 1. The Morgan fingerprint density at radius 3 is 2.45 bits per heavy atom. The number of fused-ring (bicyclic) bond motifs is 1. The number of imidazole rings is 1. The molecule has 2 rings (SSSR count). The number of nitrogens with zero attached hydrogens (tertiary/aromatic N) is 2. The average molecular weight is 306 g/mol. The summed E-state index contributed by atoms with van der Waals surface area (Å²) in [5, 5.41) is 0. The van der Waals surface area contributed by atoms with Crippen LogP contribution >= 0.6 is 0 Å². The highest BCUT2D eigenvalue weighted by Gasteiger charge is 2.22. The van der Waals surface area contributed by atoms with Gasteiger partial charge < -0.3 is 18.8 Å². The lowest BCUT2D eigenvalue weighted by Crippen LogP contribution is -2.22. The molecule has 0 saturated carbocycles. The van der Waals surface area contributed by atoms with Crippen molar-refractivity contribution in [3.05, 3.63) is 29.6 Å². The van der Waals surface area contributed by atoms with Crippen molar-refractivity contribution in [3.8, 4) is 0 Å². The SMILES string of the molecule is COC(=O)c1cccc2nc(C(C)C)n(CC(OC)OC)c12. The first-order chi connectivity index (χ1) is 10.5. The molecule has 0 atom stereocenters. The minimum absolute atomic E-state index is 0.201. The standard InChI is InChI=1S/C16H22N2O4/c1-10(2)15-17-12-8-6-7-11(16(19)22-5)14(12)18(15)9-13(20-3)21-4/h6-8,10,13H,9H2,1-5H3. The molecule has 120 valence electrons. The molecule has 1 aromatic carbocycles. The Morgan fingerprint density at radius 2 is 1.91 bits per heavy atom. The van der Waals surface area contributed by atoms with E-state index in [0.717, 1.165) is 16.9 Å². The predicted octanol–water partition coefficient (Wildman–Crippen LogP) is 2.57. The van der Waals surface area contributed by atoms with Crippen molar-refractivity contribution in [1.82, 2.24) is 9.55 Å². The molecule has 1 heterocycles. The van der Waals surface area contributed by atoms with E-state index < -0.39 is 6.29 Å². The number of para-hydroxylation sites is 1. The average Bonchev–Trinajstić information content (AvgIpc) is 2.90. The Balaban J connectivity index is 2.67. The third-order valence-electron chi connectivity index (χ3n) is 3.58. The Bertz CT molecular complexity index is 659. The van der Waals surface area contributed by atoms with Gasteiger partial charge in [-0.25, -0.2) is 9.78 Å². The van der Waals surface area contributed by atoms with Crippen LogP contribution in [0, 0.1) is 0 Å². The van der Waals surface area contributed by atoms with Crippen LogP contribution in [0.1, 0.15) is 35.9 Å². The molecule has 0 fully saturated rings. The number of esters is 1. The van der Waals surface area contributed by atoms with Crippen molar-refractivity contribution in [2.75, 3.05) is 21.3 Å². The predicted molar refractivity (Wildman–Crippen MR) is 83.0 cm³/mol. The van der Waals surface area contributed by atoms with E-state index in [-0.39, 0.29) is 11.9 Å².